The van der Waals surface area contributed by atoms with E-state index < -0.39 is 17.7 Å². The number of benzene rings is 3. The fourth-order valence-electron chi connectivity index (χ4n) is 3.23. The molecule has 3 aromatic rings. The van der Waals surface area contributed by atoms with E-state index in [2.05, 4.69) is 5.32 Å². The molecular weight excluding hydrogens is 463 g/mol. The largest absolute Gasteiger partial charge is 0.495 e. The van der Waals surface area contributed by atoms with Crippen LogP contribution in [0.4, 0.5) is 11.4 Å². The number of nitrogens with one attached hydrogen (secondary N) is 1. The molecular formula is C22H13Cl3N2O4. The van der Waals surface area contributed by atoms with Crippen molar-refractivity contribution in [2.24, 2.45) is 0 Å². The molecule has 4 rings (SSSR count). The maximum Gasteiger partial charge on any atom is 0.266 e. The Kier molecular flexibility index (Phi) is 5.62. The lowest BCUT2D eigenvalue weighted by atomic mass is 10.1. The van der Waals surface area contributed by atoms with Crippen LogP contribution in [0.2, 0.25) is 15.1 Å². The molecule has 0 atom stereocenters. The standard InChI is InChI=1S/C22H13Cl3N2O4/c1-31-19-6-5-12(23)8-18(19)26-20(28)11-3-2-4-13(7-11)27-21(29)14-9-16(24)17(25)10-15(14)22(27)30/h2-10H,1H3,(H,26,28). The Balaban J connectivity index is 1.65. The summed E-state index contributed by atoms with van der Waals surface area (Å²) in [7, 11) is 1.47. The molecule has 1 N–H and O–H groups in total. The Bertz CT molecular complexity index is 1220. The highest BCUT2D eigenvalue weighted by Crippen LogP contribution is 2.34. The number of rotatable bonds is 4. The highest BCUT2D eigenvalue weighted by Gasteiger charge is 2.37. The lowest BCUT2D eigenvalue weighted by Gasteiger charge is -2.15. The minimum Gasteiger partial charge on any atom is -0.495 e. The Morgan fingerprint density at radius 1 is 0.903 bits per heavy atom. The van der Waals surface area contributed by atoms with Gasteiger partial charge in [0.2, 0.25) is 0 Å². The fourth-order valence-corrected chi connectivity index (χ4v) is 3.73. The average Bonchev–Trinajstić information content (AvgIpc) is 2.98. The maximum atomic E-state index is 12.8. The molecule has 1 heterocycles. The summed E-state index contributed by atoms with van der Waals surface area (Å²) in [6.45, 7) is 0. The van der Waals surface area contributed by atoms with Gasteiger partial charge in [0.15, 0.2) is 0 Å². The van der Waals surface area contributed by atoms with Crippen molar-refractivity contribution in [3.05, 3.63) is 86.4 Å². The van der Waals surface area contributed by atoms with Gasteiger partial charge in [0.1, 0.15) is 5.75 Å². The van der Waals surface area contributed by atoms with Crippen LogP contribution in [0.5, 0.6) is 5.75 Å². The second kappa shape index (κ2) is 8.23. The minimum atomic E-state index is -0.548. The Labute approximate surface area is 192 Å². The molecule has 3 aromatic carbocycles. The van der Waals surface area contributed by atoms with Gasteiger partial charge in [-0.25, -0.2) is 4.90 Å². The van der Waals surface area contributed by atoms with Crippen molar-refractivity contribution < 1.29 is 19.1 Å². The number of fused-ring (bicyclic) bond motifs is 1. The van der Waals surface area contributed by atoms with Crippen molar-refractivity contribution in [3.8, 4) is 5.75 Å². The van der Waals surface area contributed by atoms with Crippen LogP contribution in [0.1, 0.15) is 31.1 Å². The van der Waals surface area contributed by atoms with Gasteiger partial charge in [-0.15, -0.1) is 0 Å². The molecule has 0 aromatic heterocycles. The summed E-state index contributed by atoms with van der Waals surface area (Å²) >= 11 is 18.0. The second-order valence-corrected chi connectivity index (χ2v) is 7.86. The summed E-state index contributed by atoms with van der Waals surface area (Å²) in [4.78, 5) is 39.5. The predicted octanol–water partition coefficient (Wildman–Crippen LogP) is 5.71. The van der Waals surface area contributed by atoms with Crippen molar-refractivity contribution in [1.82, 2.24) is 0 Å². The van der Waals surface area contributed by atoms with Crippen molar-refractivity contribution in [3.63, 3.8) is 0 Å². The van der Waals surface area contributed by atoms with Crippen LogP contribution in [-0.2, 0) is 0 Å². The number of hydrogen-bond acceptors (Lipinski definition) is 4. The molecule has 1 aliphatic rings. The van der Waals surface area contributed by atoms with Gasteiger partial charge in [0.05, 0.1) is 39.7 Å². The first-order valence-electron chi connectivity index (χ1n) is 8.93. The number of nitrogens with zero attached hydrogens (tertiary/aromatic N) is 1. The molecule has 0 spiro atoms. The van der Waals surface area contributed by atoms with Crippen molar-refractivity contribution in [1.29, 1.82) is 0 Å². The zero-order chi connectivity index (χ0) is 22.3. The number of imide groups is 1. The monoisotopic (exact) mass is 474 g/mol. The zero-order valence-corrected chi connectivity index (χ0v) is 18.2. The van der Waals surface area contributed by atoms with E-state index in [0.717, 1.165) is 4.90 Å². The number of halogens is 3. The first-order valence-corrected chi connectivity index (χ1v) is 10.1. The third kappa shape index (κ3) is 3.85. The van der Waals surface area contributed by atoms with E-state index in [9.17, 15) is 14.4 Å². The molecule has 0 aliphatic carbocycles. The summed E-state index contributed by atoms with van der Waals surface area (Å²) in [5.41, 5.74) is 1.16. The van der Waals surface area contributed by atoms with E-state index in [1.807, 2.05) is 0 Å². The topological polar surface area (TPSA) is 75.7 Å². The molecule has 1 aliphatic heterocycles. The molecule has 0 saturated heterocycles. The number of hydrogen-bond donors (Lipinski definition) is 1. The lowest BCUT2D eigenvalue weighted by Crippen LogP contribution is -2.29. The van der Waals surface area contributed by atoms with E-state index in [1.165, 1.54) is 25.3 Å². The van der Waals surface area contributed by atoms with Gasteiger partial charge < -0.3 is 10.1 Å². The van der Waals surface area contributed by atoms with Crippen LogP contribution < -0.4 is 15.0 Å². The van der Waals surface area contributed by atoms with E-state index in [1.54, 1.807) is 36.4 Å². The predicted molar refractivity (Wildman–Crippen MR) is 120 cm³/mol. The molecule has 0 saturated carbocycles. The van der Waals surface area contributed by atoms with Crippen LogP contribution in [0.15, 0.2) is 54.6 Å². The number of carbonyl (C=O) groups is 3. The van der Waals surface area contributed by atoms with E-state index in [4.69, 9.17) is 39.5 Å². The molecule has 0 unspecified atom stereocenters. The normalized spacial score (nSPS) is 12.7. The molecule has 0 bridgehead atoms. The van der Waals surface area contributed by atoms with E-state index >= 15 is 0 Å². The number of carbonyl (C=O) groups excluding carboxylic acids is 3. The quantitative estimate of drug-likeness (QED) is 0.491. The van der Waals surface area contributed by atoms with Crippen molar-refractivity contribution in [2.45, 2.75) is 0 Å². The average molecular weight is 476 g/mol. The van der Waals surface area contributed by atoms with Crippen molar-refractivity contribution >= 4 is 63.9 Å². The molecule has 31 heavy (non-hydrogen) atoms. The van der Waals surface area contributed by atoms with Gasteiger partial charge in [-0.1, -0.05) is 40.9 Å². The summed E-state index contributed by atoms with van der Waals surface area (Å²) < 4.78 is 5.23. The summed E-state index contributed by atoms with van der Waals surface area (Å²) in [5, 5.41) is 3.49. The van der Waals surface area contributed by atoms with E-state index in [-0.39, 0.29) is 32.4 Å². The van der Waals surface area contributed by atoms with Gasteiger partial charge in [-0.3, -0.25) is 14.4 Å². The maximum absolute atomic E-state index is 12.8. The van der Waals surface area contributed by atoms with Gasteiger partial charge >= 0.3 is 0 Å². The van der Waals surface area contributed by atoms with Gasteiger partial charge in [0.25, 0.3) is 17.7 Å². The SMILES string of the molecule is COc1ccc(Cl)cc1NC(=O)c1cccc(N2C(=O)c3cc(Cl)c(Cl)cc3C2=O)c1. The summed E-state index contributed by atoms with van der Waals surface area (Å²) in [6, 6.07) is 13.7. The van der Waals surface area contributed by atoms with Crippen LogP contribution >= 0.6 is 34.8 Å². The van der Waals surface area contributed by atoms with Gasteiger partial charge in [-0.2, -0.15) is 0 Å². The summed E-state index contributed by atoms with van der Waals surface area (Å²) in [5.74, 6) is -1.13. The second-order valence-electron chi connectivity index (χ2n) is 6.61. The minimum absolute atomic E-state index is 0.151. The number of methoxy groups -OCH3 is 1. The lowest BCUT2D eigenvalue weighted by molar-refractivity contribution is 0.0924. The number of amides is 3. The third-order valence-electron chi connectivity index (χ3n) is 4.70. The first kappa shape index (κ1) is 21.2. The van der Waals surface area contributed by atoms with Crippen LogP contribution in [0, 0.1) is 0 Å². The highest BCUT2D eigenvalue weighted by molar-refractivity contribution is 6.44. The highest BCUT2D eigenvalue weighted by atomic mass is 35.5. The van der Waals surface area contributed by atoms with Crippen LogP contribution in [0.25, 0.3) is 0 Å². The first-order chi connectivity index (χ1) is 14.8. The van der Waals surface area contributed by atoms with Gasteiger partial charge in [-0.05, 0) is 48.5 Å². The Morgan fingerprint density at radius 3 is 2.16 bits per heavy atom. The Morgan fingerprint density at radius 2 is 1.55 bits per heavy atom. The number of anilines is 2. The molecule has 0 radical (unpaired) electrons. The van der Waals surface area contributed by atoms with E-state index in [0.29, 0.717) is 16.5 Å². The molecule has 9 heteroatoms. The summed E-state index contributed by atoms with van der Waals surface area (Å²) in [6.07, 6.45) is 0. The van der Waals surface area contributed by atoms with Crippen LogP contribution in [-0.4, -0.2) is 24.8 Å². The zero-order valence-electron chi connectivity index (χ0n) is 15.9. The molecule has 3 amide bonds. The smallest absolute Gasteiger partial charge is 0.266 e. The number of ether oxygens (including phenoxy) is 1. The molecule has 0 fully saturated rings. The van der Waals surface area contributed by atoms with Gasteiger partial charge in [0, 0.05) is 10.6 Å². The van der Waals surface area contributed by atoms with Crippen LogP contribution in [0.3, 0.4) is 0 Å². The Hall–Kier alpha value is -3.06. The third-order valence-corrected chi connectivity index (χ3v) is 5.66. The molecule has 6 nitrogen and oxygen atoms in total. The fraction of sp³-hybridized carbons (Fsp3) is 0.0455. The molecule has 156 valence electrons. The van der Waals surface area contributed by atoms with Crippen molar-refractivity contribution in [2.75, 3.05) is 17.3 Å².